The Bertz CT molecular complexity index is 436. The van der Waals surface area contributed by atoms with Crippen molar-refractivity contribution in [2.75, 3.05) is 6.61 Å². The van der Waals surface area contributed by atoms with Crippen LogP contribution in [0.2, 0.25) is 0 Å². The summed E-state index contributed by atoms with van der Waals surface area (Å²) in [7, 11) is 0. The molecule has 2 atom stereocenters. The molecule has 0 spiro atoms. The lowest BCUT2D eigenvalue weighted by molar-refractivity contribution is 0.0508. The molecule has 0 heterocycles. The lowest BCUT2D eigenvalue weighted by Gasteiger charge is -2.22. The van der Waals surface area contributed by atoms with Crippen molar-refractivity contribution in [1.29, 1.82) is 0 Å². The highest BCUT2D eigenvalue weighted by Gasteiger charge is 2.18. The Balaban J connectivity index is 2.64. The summed E-state index contributed by atoms with van der Waals surface area (Å²) in [5.74, 6) is 0. The van der Waals surface area contributed by atoms with Crippen molar-refractivity contribution in [2.24, 2.45) is 0 Å². The largest absolute Gasteiger partial charge is 0.444 e. The first-order chi connectivity index (χ1) is 9.23. The molecule has 0 saturated heterocycles. The van der Waals surface area contributed by atoms with Crippen molar-refractivity contribution in [2.45, 2.75) is 45.4 Å². The van der Waals surface area contributed by atoms with Crippen LogP contribution in [0.4, 0.5) is 4.79 Å². The summed E-state index contributed by atoms with van der Waals surface area (Å²) < 4.78 is 5.19. The molecule has 20 heavy (non-hydrogen) atoms. The van der Waals surface area contributed by atoms with Gasteiger partial charge in [-0.15, -0.1) is 0 Å². The summed E-state index contributed by atoms with van der Waals surface area (Å²) >= 11 is 0. The fourth-order valence-electron chi connectivity index (χ4n) is 1.68. The molecular weight excluding hydrogens is 258 g/mol. The minimum Gasteiger partial charge on any atom is -0.444 e. The molecule has 1 rings (SSSR count). The molecule has 3 N–H and O–H groups in total. The van der Waals surface area contributed by atoms with Gasteiger partial charge >= 0.3 is 6.09 Å². The maximum absolute atomic E-state index is 11.7. The second-order valence-electron chi connectivity index (χ2n) is 5.73. The van der Waals surface area contributed by atoms with Crippen LogP contribution in [0.1, 0.15) is 51.0 Å². The van der Waals surface area contributed by atoms with Crippen LogP contribution in [-0.2, 0) is 4.74 Å². The monoisotopic (exact) mass is 281 g/mol. The number of carbonyl (C=O) groups is 1. The molecule has 0 saturated carbocycles. The van der Waals surface area contributed by atoms with Gasteiger partial charge in [0, 0.05) is 0 Å². The summed E-state index contributed by atoms with van der Waals surface area (Å²) in [6.45, 7) is 6.96. The summed E-state index contributed by atoms with van der Waals surface area (Å²) in [5.41, 5.74) is 1.00. The van der Waals surface area contributed by atoms with E-state index in [1.807, 2.05) is 27.7 Å². The standard InChI is InChI=1S/C15H23NO4/c1-10(16-14(19)20-15(2,3)4)11-5-7-12(8-6-11)13(18)9-17/h5-8,10,13,17-18H,9H2,1-4H3,(H,16,19). The maximum Gasteiger partial charge on any atom is 0.408 e. The Morgan fingerprint density at radius 3 is 2.20 bits per heavy atom. The minimum atomic E-state index is -0.877. The Hall–Kier alpha value is -1.59. The van der Waals surface area contributed by atoms with Crippen LogP contribution in [0.5, 0.6) is 0 Å². The van der Waals surface area contributed by atoms with Crippen molar-refractivity contribution < 1.29 is 19.7 Å². The van der Waals surface area contributed by atoms with E-state index in [1.54, 1.807) is 24.3 Å². The first-order valence-electron chi connectivity index (χ1n) is 6.61. The molecular formula is C15H23NO4. The van der Waals surface area contributed by atoms with E-state index in [0.29, 0.717) is 5.56 Å². The van der Waals surface area contributed by atoms with E-state index in [-0.39, 0.29) is 12.6 Å². The number of nitrogens with one attached hydrogen (secondary N) is 1. The van der Waals surface area contributed by atoms with Crippen LogP contribution in [0.25, 0.3) is 0 Å². The third-order valence-electron chi connectivity index (χ3n) is 2.73. The molecule has 1 aromatic carbocycles. The zero-order chi connectivity index (χ0) is 15.3. The van der Waals surface area contributed by atoms with Gasteiger partial charge in [-0.05, 0) is 38.8 Å². The number of aliphatic hydroxyl groups excluding tert-OH is 2. The number of hydrogen-bond donors (Lipinski definition) is 3. The number of amides is 1. The number of ether oxygens (including phenoxy) is 1. The number of aliphatic hydroxyl groups is 2. The van der Waals surface area contributed by atoms with Crippen molar-refractivity contribution in [3.8, 4) is 0 Å². The molecule has 5 nitrogen and oxygen atoms in total. The Morgan fingerprint density at radius 1 is 1.25 bits per heavy atom. The van der Waals surface area contributed by atoms with Gasteiger partial charge in [0.15, 0.2) is 0 Å². The summed E-state index contributed by atoms with van der Waals surface area (Å²) in [4.78, 5) is 11.7. The lowest BCUT2D eigenvalue weighted by Crippen LogP contribution is -2.34. The van der Waals surface area contributed by atoms with Crippen LogP contribution < -0.4 is 5.32 Å². The quantitative estimate of drug-likeness (QED) is 0.791. The van der Waals surface area contributed by atoms with Gasteiger partial charge in [-0.1, -0.05) is 24.3 Å². The molecule has 0 bridgehead atoms. The first-order valence-corrected chi connectivity index (χ1v) is 6.61. The van der Waals surface area contributed by atoms with Gasteiger partial charge in [-0.25, -0.2) is 4.79 Å². The SMILES string of the molecule is CC(NC(=O)OC(C)(C)C)c1ccc(C(O)CO)cc1. The van der Waals surface area contributed by atoms with Crippen LogP contribution in [-0.4, -0.2) is 28.5 Å². The van der Waals surface area contributed by atoms with Crippen molar-refractivity contribution >= 4 is 6.09 Å². The van der Waals surface area contributed by atoms with Gasteiger partial charge in [0.25, 0.3) is 0 Å². The van der Waals surface area contributed by atoms with E-state index < -0.39 is 17.8 Å². The smallest absolute Gasteiger partial charge is 0.408 e. The fraction of sp³-hybridized carbons (Fsp3) is 0.533. The molecule has 5 heteroatoms. The molecule has 0 aromatic heterocycles. The predicted octanol–water partition coefficient (Wildman–Crippen LogP) is 2.30. The number of rotatable bonds is 4. The van der Waals surface area contributed by atoms with Gasteiger partial charge in [0.2, 0.25) is 0 Å². The lowest BCUT2D eigenvalue weighted by atomic mass is 10.0. The number of alkyl carbamates (subject to hydrolysis) is 1. The average Bonchev–Trinajstić information content (AvgIpc) is 2.35. The average molecular weight is 281 g/mol. The molecule has 1 amide bonds. The topological polar surface area (TPSA) is 78.8 Å². The van der Waals surface area contributed by atoms with Crippen molar-refractivity contribution in [3.05, 3.63) is 35.4 Å². The third-order valence-corrected chi connectivity index (χ3v) is 2.73. The number of benzene rings is 1. The number of hydrogen-bond acceptors (Lipinski definition) is 4. The van der Waals surface area contributed by atoms with E-state index in [9.17, 15) is 9.90 Å². The maximum atomic E-state index is 11.7. The molecule has 0 aliphatic rings. The summed E-state index contributed by atoms with van der Waals surface area (Å²) in [6.07, 6.45) is -1.34. The Kier molecular flexibility index (Phi) is 5.53. The van der Waals surface area contributed by atoms with E-state index in [1.165, 1.54) is 0 Å². The second kappa shape index (κ2) is 6.72. The molecule has 0 aliphatic carbocycles. The van der Waals surface area contributed by atoms with Crippen LogP contribution in [0.15, 0.2) is 24.3 Å². The molecule has 112 valence electrons. The van der Waals surface area contributed by atoms with Gasteiger partial charge in [0.05, 0.1) is 12.6 Å². The summed E-state index contributed by atoms with van der Waals surface area (Å²) in [6, 6.07) is 6.85. The Morgan fingerprint density at radius 2 is 1.75 bits per heavy atom. The van der Waals surface area contributed by atoms with E-state index >= 15 is 0 Å². The number of carbonyl (C=O) groups excluding carboxylic acids is 1. The van der Waals surface area contributed by atoms with Crippen molar-refractivity contribution in [1.82, 2.24) is 5.32 Å². The fourth-order valence-corrected chi connectivity index (χ4v) is 1.68. The van der Waals surface area contributed by atoms with Crippen molar-refractivity contribution in [3.63, 3.8) is 0 Å². The van der Waals surface area contributed by atoms with E-state index in [4.69, 9.17) is 9.84 Å². The van der Waals surface area contributed by atoms with E-state index in [2.05, 4.69) is 5.32 Å². The first kappa shape index (κ1) is 16.5. The Labute approximate surface area is 119 Å². The van der Waals surface area contributed by atoms with Gasteiger partial charge in [0.1, 0.15) is 11.7 Å². The highest BCUT2D eigenvalue weighted by Crippen LogP contribution is 2.18. The molecule has 0 aliphatic heterocycles. The van der Waals surface area contributed by atoms with Crippen LogP contribution in [0, 0.1) is 0 Å². The molecule has 2 unspecified atom stereocenters. The second-order valence-corrected chi connectivity index (χ2v) is 5.73. The third kappa shape index (κ3) is 5.19. The summed E-state index contributed by atoms with van der Waals surface area (Å²) in [5, 5.41) is 21.1. The van der Waals surface area contributed by atoms with Gasteiger partial charge in [-0.3, -0.25) is 0 Å². The van der Waals surface area contributed by atoms with Crippen LogP contribution in [0.3, 0.4) is 0 Å². The highest BCUT2D eigenvalue weighted by molar-refractivity contribution is 5.68. The van der Waals surface area contributed by atoms with Gasteiger partial charge in [-0.2, -0.15) is 0 Å². The highest BCUT2D eigenvalue weighted by atomic mass is 16.6. The zero-order valence-corrected chi connectivity index (χ0v) is 12.4. The normalized spacial score (nSPS) is 14.5. The zero-order valence-electron chi connectivity index (χ0n) is 12.4. The molecule has 0 radical (unpaired) electrons. The minimum absolute atomic E-state index is 0.204. The predicted molar refractivity (Wildman–Crippen MR) is 76.3 cm³/mol. The molecule has 0 fully saturated rings. The molecule has 1 aromatic rings. The van der Waals surface area contributed by atoms with E-state index in [0.717, 1.165) is 5.56 Å². The van der Waals surface area contributed by atoms with Gasteiger partial charge < -0.3 is 20.3 Å². The van der Waals surface area contributed by atoms with Crippen LogP contribution >= 0.6 is 0 Å².